The van der Waals surface area contributed by atoms with Gasteiger partial charge in [-0.2, -0.15) is 0 Å². The zero-order valence-corrected chi connectivity index (χ0v) is 41.2. The van der Waals surface area contributed by atoms with Crippen LogP contribution in [0.5, 0.6) is 0 Å². The zero-order chi connectivity index (χ0) is 35.3. The third kappa shape index (κ3) is 18.2. The van der Waals surface area contributed by atoms with Crippen LogP contribution in [0.3, 0.4) is 0 Å². The maximum atomic E-state index is 2.70. The van der Waals surface area contributed by atoms with Gasteiger partial charge in [0.25, 0.3) is 0 Å². The first-order valence-corrected chi connectivity index (χ1v) is 43.1. The summed E-state index contributed by atoms with van der Waals surface area (Å²) in [6, 6.07) is 4.70. The molecule has 0 saturated carbocycles. The molecule has 2 unspecified atom stereocenters. The molecule has 0 fully saturated rings. The van der Waals surface area contributed by atoms with Crippen molar-refractivity contribution in [3.8, 4) is 9.75 Å². The van der Waals surface area contributed by atoms with Crippen LogP contribution in [0.1, 0.15) is 180 Å². The molecule has 0 radical (unpaired) electrons. The molecule has 0 aliphatic rings. The van der Waals surface area contributed by atoms with Crippen molar-refractivity contribution in [1.29, 1.82) is 0 Å². The van der Waals surface area contributed by atoms with E-state index in [1.807, 2.05) is 19.8 Å². The number of hydrogen-bond donors (Lipinski definition) is 0. The third-order valence-corrected chi connectivity index (χ3v) is 32.3. The minimum absolute atomic E-state index is 0.949. The summed E-state index contributed by atoms with van der Waals surface area (Å²) in [5.41, 5.74) is 3.64. The predicted molar refractivity (Wildman–Crippen MR) is 232 cm³/mol. The predicted octanol–water partition coefficient (Wildman–Crippen LogP) is 16.5. The van der Waals surface area contributed by atoms with Crippen LogP contribution in [-0.4, -0.2) is 36.8 Å². The second-order valence-electron chi connectivity index (χ2n) is 17.7. The van der Waals surface area contributed by atoms with E-state index in [1.54, 1.807) is 15.3 Å². The Morgan fingerprint density at radius 2 is 1.02 bits per heavy atom. The molecule has 0 saturated heterocycles. The van der Waals surface area contributed by atoms with Gasteiger partial charge in [-0.05, 0) is 0 Å². The zero-order valence-electron chi connectivity index (χ0n) is 33.9. The Morgan fingerprint density at radius 1 is 0.562 bits per heavy atom. The van der Waals surface area contributed by atoms with Crippen LogP contribution in [0.2, 0.25) is 33.6 Å². The fraction of sp³-hybridized carbons (Fsp3) is 0.818. The van der Waals surface area contributed by atoms with Crippen molar-refractivity contribution in [2.75, 3.05) is 0 Å². The number of unbranched alkanes of at least 4 members (excludes halogenated alkanes) is 18. The van der Waals surface area contributed by atoms with E-state index in [4.69, 9.17) is 0 Å². The van der Waals surface area contributed by atoms with E-state index < -0.39 is 36.8 Å². The second kappa shape index (κ2) is 25.9. The summed E-state index contributed by atoms with van der Waals surface area (Å²) >= 11 is 0.0186. The van der Waals surface area contributed by atoms with E-state index in [2.05, 4.69) is 79.3 Å². The molecule has 0 nitrogen and oxygen atoms in total. The molecule has 2 atom stereocenters. The molecule has 278 valence electrons. The van der Waals surface area contributed by atoms with Crippen molar-refractivity contribution in [1.82, 2.24) is 0 Å². The van der Waals surface area contributed by atoms with Crippen LogP contribution in [0, 0.1) is 5.92 Å². The molecule has 0 N–H and O–H groups in total. The Kier molecular flexibility index (Phi) is 24.4. The van der Waals surface area contributed by atoms with E-state index in [0.717, 1.165) is 9.85 Å². The Labute approximate surface area is 318 Å². The van der Waals surface area contributed by atoms with E-state index in [9.17, 15) is 0 Å². The molecule has 0 bridgehead atoms. The van der Waals surface area contributed by atoms with Crippen molar-refractivity contribution in [2.45, 2.75) is 215 Å². The summed E-state index contributed by atoms with van der Waals surface area (Å²) in [5.74, 6) is 0.949. The van der Waals surface area contributed by atoms with Gasteiger partial charge in [0.05, 0.1) is 0 Å². The standard InChI is InChI=1S/C38H64S2.6CH3.2Sn/c1-4-7-9-11-13-15-17-19-21-23-27-34(6-3)28-25-30-36-35(33-40-38(36)37-31-26-32-39-37)29-24-22-20-18-16-14-12-10-8-5-2;;;;;;;;/h6,26,31-32,34H,4-5,7-25,27-30H2,1-3H3;6*1H3;;. The summed E-state index contributed by atoms with van der Waals surface area (Å²) in [6.07, 6.45) is 35.8. The fourth-order valence-corrected chi connectivity index (χ4v) is 22.0. The first kappa shape index (κ1) is 45.2. The van der Waals surface area contributed by atoms with Crippen molar-refractivity contribution in [2.24, 2.45) is 5.92 Å². The van der Waals surface area contributed by atoms with Gasteiger partial charge in [-0.15, -0.1) is 0 Å². The monoisotopic (exact) mass is 914 g/mol. The van der Waals surface area contributed by atoms with E-state index in [1.165, 1.54) is 161 Å². The molecule has 0 amide bonds. The van der Waals surface area contributed by atoms with Crippen molar-refractivity contribution < 1.29 is 0 Å². The molecule has 2 aromatic heterocycles. The number of hydrogen-bond acceptors (Lipinski definition) is 2. The maximum absolute atomic E-state index is 2.70. The summed E-state index contributed by atoms with van der Waals surface area (Å²) in [7, 11) is 0. The van der Waals surface area contributed by atoms with Crippen LogP contribution in [0.15, 0.2) is 17.5 Å². The second-order valence-corrected chi connectivity index (χ2v) is 51.0. The molecule has 0 spiro atoms. The van der Waals surface area contributed by atoms with Gasteiger partial charge < -0.3 is 0 Å². The molecule has 2 aromatic rings. The van der Waals surface area contributed by atoms with Crippen LogP contribution in [-0.2, 0) is 12.8 Å². The Hall–Kier alpha value is 0.997. The summed E-state index contributed by atoms with van der Waals surface area (Å²) in [5, 5.41) is 2.31. The Morgan fingerprint density at radius 3 is 1.48 bits per heavy atom. The van der Waals surface area contributed by atoms with E-state index in [-0.39, 0.29) is 0 Å². The van der Waals surface area contributed by atoms with E-state index >= 15 is 0 Å². The number of rotatable bonds is 30. The van der Waals surface area contributed by atoms with Gasteiger partial charge in [-0.25, -0.2) is 0 Å². The summed E-state index contributed by atoms with van der Waals surface area (Å²) < 4.78 is 2.88. The topological polar surface area (TPSA) is 0 Å². The fourth-order valence-electron chi connectivity index (χ4n) is 7.82. The van der Waals surface area contributed by atoms with E-state index in [0.29, 0.717) is 0 Å². The van der Waals surface area contributed by atoms with Crippen molar-refractivity contribution in [3.63, 3.8) is 0 Å². The van der Waals surface area contributed by atoms with Crippen LogP contribution < -0.4 is 2.89 Å². The number of thiophene rings is 2. The molecule has 0 aromatic carbocycles. The van der Waals surface area contributed by atoms with Gasteiger partial charge in [0.15, 0.2) is 0 Å². The molecule has 4 heteroatoms. The molecule has 2 heterocycles. The molecular formula is C44H82S2Sn2. The quantitative estimate of drug-likeness (QED) is 0.0541. The van der Waals surface area contributed by atoms with Gasteiger partial charge in [-0.1, -0.05) is 26.7 Å². The first-order chi connectivity index (χ1) is 23.0. The average Bonchev–Trinajstić information content (AvgIpc) is 3.69. The molecular weight excluding hydrogens is 830 g/mol. The van der Waals surface area contributed by atoms with Gasteiger partial charge in [0, 0.05) is 0 Å². The van der Waals surface area contributed by atoms with Crippen LogP contribution >= 0.6 is 22.7 Å². The minimum atomic E-state index is -2.25. The molecule has 0 aliphatic heterocycles. The Balaban J connectivity index is 2.03. The average molecular weight is 913 g/mol. The van der Waals surface area contributed by atoms with Gasteiger partial charge in [0.2, 0.25) is 0 Å². The molecule has 0 aliphatic carbocycles. The van der Waals surface area contributed by atoms with Crippen molar-refractivity contribution >= 4 is 62.3 Å². The SMILES string of the molecule is CCCCCCCCCCCCc1[c]([Sn]([CH3])([CH3])[CH3])sc(-c2cccs2)c1CCCC(CCCCCCCCCCCC)[CH](C)[Sn]([CH3])([CH3])[CH3]. The van der Waals surface area contributed by atoms with Crippen LogP contribution in [0.25, 0.3) is 9.75 Å². The molecule has 2 rings (SSSR count). The van der Waals surface area contributed by atoms with Gasteiger partial charge in [0.1, 0.15) is 0 Å². The molecule has 48 heavy (non-hydrogen) atoms. The summed E-state index contributed by atoms with van der Waals surface area (Å²) in [4.78, 5) is 19.3. The third-order valence-electron chi connectivity index (χ3n) is 11.3. The normalized spacial score (nSPS) is 13.8. The van der Waals surface area contributed by atoms with Gasteiger partial charge >= 0.3 is 295 Å². The van der Waals surface area contributed by atoms with Gasteiger partial charge in [-0.3, -0.25) is 0 Å². The van der Waals surface area contributed by atoms with Crippen LogP contribution in [0.4, 0.5) is 0 Å². The Bertz CT molecular complexity index is 1040. The summed E-state index contributed by atoms with van der Waals surface area (Å²) in [6.45, 7) is 7.31. The van der Waals surface area contributed by atoms with Crippen molar-refractivity contribution in [3.05, 3.63) is 28.6 Å². The first-order valence-electron chi connectivity index (χ1n) is 21.2.